The molecule has 0 aliphatic carbocycles. The van der Waals surface area contributed by atoms with Crippen LogP contribution in [0, 0.1) is 0 Å². The van der Waals surface area contributed by atoms with E-state index >= 15 is 0 Å². The first-order valence-corrected chi connectivity index (χ1v) is 8.02. The fourth-order valence-corrected chi connectivity index (χ4v) is 2.62. The summed E-state index contributed by atoms with van der Waals surface area (Å²) in [5.74, 6) is -0.642. The van der Waals surface area contributed by atoms with Crippen LogP contribution in [0.1, 0.15) is 0 Å². The number of carbonyl (C=O) groups excluding carboxylic acids is 1. The molecule has 0 fully saturated rings. The molecule has 1 heterocycles. The number of amides is 1. The summed E-state index contributed by atoms with van der Waals surface area (Å²) in [5.41, 5.74) is 1.69. The summed E-state index contributed by atoms with van der Waals surface area (Å²) in [7, 11) is 0. The summed E-state index contributed by atoms with van der Waals surface area (Å²) < 4.78 is 45.5. The van der Waals surface area contributed by atoms with Crippen LogP contribution in [0.2, 0.25) is 0 Å². The number of halogens is 3. The van der Waals surface area contributed by atoms with E-state index in [0.29, 0.717) is 22.0 Å². The molecule has 130 valence electrons. The zero-order valence-corrected chi connectivity index (χ0v) is 13.4. The third kappa shape index (κ3) is 4.90. The first-order valence-electron chi connectivity index (χ1n) is 7.03. The van der Waals surface area contributed by atoms with Crippen molar-refractivity contribution in [3.63, 3.8) is 0 Å². The lowest BCUT2D eigenvalue weighted by molar-refractivity contribution is -0.274. The van der Waals surface area contributed by atoms with Gasteiger partial charge in [0.05, 0.1) is 5.75 Å². The fraction of sp³-hybridized carbons (Fsp3) is 0.125. The van der Waals surface area contributed by atoms with Gasteiger partial charge in [-0.25, -0.2) is 4.98 Å². The van der Waals surface area contributed by atoms with Crippen LogP contribution in [-0.4, -0.2) is 23.0 Å². The molecule has 3 aromatic rings. The number of hydrogen-bond donors (Lipinski definition) is 1. The largest absolute Gasteiger partial charge is 0.573 e. The maximum absolute atomic E-state index is 12.1. The highest BCUT2D eigenvalue weighted by Gasteiger charge is 2.30. The molecule has 1 N–H and O–H groups in total. The summed E-state index contributed by atoms with van der Waals surface area (Å²) in [6.45, 7) is 0. The predicted octanol–water partition coefficient (Wildman–Crippen LogP) is 4.46. The summed E-state index contributed by atoms with van der Waals surface area (Å²) in [6, 6.07) is 12.1. The molecule has 0 spiro atoms. The van der Waals surface area contributed by atoms with Gasteiger partial charge >= 0.3 is 6.36 Å². The lowest BCUT2D eigenvalue weighted by atomic mass is 10.3. The Labute approximate surface area is 144 Å². The van der Waals surface area contributed by atoms with E-state index in [-0.39, 0.29) is 17.4 Å². The summed E-state index contributed by atoms with van der Waals surface area (Å²) in [4.78, 5) is 16.1. The number of para-hydroxylation sites is 2. The van der Waals surface area contributed by atoms with Crippen LogP contribution in [0.3, 0.4) is 0 Å². The lowest BCUT2D eigenvalue weighted by Crippen LogP contribution is -2.17. The van der Waals surface area contributed by atoms with Gasteiger partial charge < -0.3 is 14.5 Å². The van der Waals surface area contributed by atoms with Gasteiger partial charge in [-0.2, -0.15) is 0 Å². The number of nitrogens with zero attached hydrogens (tertiary/aromatic N) is 1. The number of anilines is 1. The summed E-state index contributed by atoms with van der Waals surface area (Å²) in [5, 5.41) is 2.94. The quantitative estimate of drug-likeness (QED) is 0.674. The third-order valence-corrected chi connectivity index (χ3v) is 3.80. The molecule has 0 aliphatic heterocycles. The zero-order chi connectivity index (χ0) is 17.9. The minimum Gasteiger partial charge on any atom is -0.431 e. The minimum atomic E-state index is -4.75. The van der Waals surface area contributed by atoms with Gasteiger partial charge in [-0.15, -0.1) is 13.2 Å². The number of benzene rings is 2. The number of thioether (sulfide) groups is 1. The molecule has 9 heteroatoms. The Hall–Kier alpha value is -2.68. The van der Waals surface area contributed by atoms with Gasteiger partial charge in [0, 0.05) is 5.69 Å². The van der Waals surface area contributed by atoms with Gasteiger partial charge in [0.2, 0.25) is 5.91 Å². The van der Waals surface area contributed by atoms with E-state index in [1.807, 2.05) is 12.1 Å². The minimum absolute atomic E-state index is 0.0492. The first kappa shape index (κ1) is 17.2. The van der Waals surface area contributed by atoms with Gasteiger partial charge in [-0.1, -0.05) is 23.9 Å². The summed E-state index contributed by atoms with van der Waals surface area (Å²) >= 11 is 1.12. The molecule has 1 aromatic heterocycles. The van der Waals surface area contributed by atoms with Crippen molar-refractivity contribution < 1.29 is 27.1 Å². The van der Waals surface area contributed by atoms with Crippen molar-refractivity contribution in [2.75, 3.05) is 11.1 Å². The number of rotatable bonds is 5. The molecule has 0 bridgehead atoms. The molecule has 0 unspecified atom stereocenters. The molecule has 0 atom stereocenters. The second-order valence-corrected chi connectivity index (χ2v) is 5.78. The highest BCUT2D eigenvalue weighted by atomic mass is 32.2. The highest BCUT2D eigenvalue weighted by Crippen LogP contribution is 2.25. The number of ether oxygens (including phenoxy) is 1. The van der Waals surface area contributed by atoms with Crippen LogP contribution >= 0.6 is 11.8 Å². The van der Waals surface area contributed by atoms with Crippen molar-refractivity contribution in [1.29, 1.82) is 0 Å². The molecular formula is C16H11F3N2O3S. The first-order chi connectivity index (χ1) is 11.9. The van der Waals surface area contributed by atoms with Crippen LogP contribution < -0.4 is 10.1 Å². The SMILES string of the molecule is O=C(CSc1nc2ccccc2o1)Nc1ccc(OC(F)(F)F)cc1. The Morgan fingerprint density at radius 1 is 1.16 bits per heavy atom. The van der Waals surface area contributed by atoms with Crippen molar-refractivity contribution in [2.24, 2.45) is 0 Å². The average molecular weight is 368 g/mol. The molecule has 0 saturated heterocycles. The van der Waals surface area contributed by atoms with Crippen molar-refractivity contribution in [1.82, 2.24) is 4.98 Å². The van der Waals surface area contributed by atoms with Crippen molar-refractivity contribution in [3.05, 3.63) is 48.5 Å². The maximum Gasteiger partial charge on any atom is 0.573 e. The third-order valence-electron chi connectivity index (χ3n) is 2.97. The molecule has 2 aromatic carbocycles. The van der Waals surface area contributed by atoms with Gasteiger partial charge in [-0.3, -0.25) is 4.79 Å². The van der Waals surface area contributed by atoms with Gasteiger partial charge in [0.15, 0.2) is 5.58 Å². The standard InChI is InChI=1S/C16H11F3N2O3S/c17-16(18,19)24-11-7-5-10(6-8-11)20-14(22)9-25-15-21-12-3-1-2-4-13(12)23-15/h1-8H,9H2,(H,20,22). The predicted molar refractivity (Wildman–Crippen MR) is 86.5 cm³/mol. The monoisotopic (exact) mass is 368 g/mol. The van der Waals surface area contributed by atoms with Crippen LogP contribution in [0.5, 0.6) is 5.75 Å². The molecule has 5 nitrogen and oxygen atoms in total. The van der Waals surface area contributed by atoms with E-state index in [1.165, 1.54) is 12.1 Å². The topological polar surface area (TPSA) is 64.4 Å². The van der Waals surface area contributed by atoms with E-state index in [0.717, 1.165) is 23.9 Å². The van der Waals surface area contributed by atoms with Crippen molar-refractivity contribution >= 4 is 34.5 Å². The molecule has 0 saturated carbocycles. The number of aromatic nitrogens is 1. The van der Waals surface area contributed by atoms with Crippen LogP contribution in [0.25, 0.3) is 11.1 Å². The molecule has 1 amide bonds. The molecular weight excluding hydrogens is 357 g/mol. The Morgan fingerprint density at radius 3 is 2.56 bits per heavy atom. The fourth-order valence-electron chi connectivity index (χ4n) is 1.98. The van der Waals surface area contributed by atoms with E-state index in [1.54, 1.807) is 12.1 Å². The van der Waals surface area contributed by atoms with E-state index in [4.69, 9.17) is 4.42 Å². The summed E-state index contributed by atoms with van der Waals surface area (Å²) in [6.07, 6.45) is -4.75. The van der Waals surface area contributed by atoms with Crippen LogP contribution in [0.4, 0.5) is 18.9 Å². The zero-order valence-electron chi connectivity index (χ0n) is 12.5. The van der Waals surface area contributed by atoms with Gasteiger partial charge in [0.25, 0.3) is 5.22 Å². The maximum atomic E-state index is 12.1. The van der Waals surface area contributed by atoms with E-state index in [9.17, 15) is 18.0 Å². The van der Waals surface area contributed by atoms with Crippen LogP contribution in [0.15, 0.2) is 58.2 Å². The number of carbonyl (C=O) groups is 1. The van der Waals surface area contributed by atoms with Gasteiger partial charge in [0.1, 0.15) is 11.3 Å². The van der Waals surface area contributed by atoms with E-state index < -0.39 is 6.36 Å². The molecule has 3 rings (SSSR count). The number of hydrogen-bond acceptors (Lipinski definition) is 5. The molecule has 25 heavy (non-hydrogen) atoms. The number of oxazole rings is 1. The average Bonchev–Trinajstić information content (AvgIpc) is 2.96. The number of fused-ring (bicyclic) bond motifs is 1. The second-order valence-electron chi connectivity index (χ2n) is 4.86. The van der Waals surface area contributed by atoms with E-state index in [2.05, 4.69) is 15.0 Å². The smallest absolute Gasteiger partial charge is 0.431 e. The van der Waals surface area contributed by atoms with Gasteiger partial charge in [-0.05, 0) is 36.4 Å². The second kappa shape index (κ2) is 7.06. The Kier molecular flexibility index (Phi) is 4.84. The van der Waals surface area contributed by atoms with Crippen LogP contribution in [-0.2, 0) is 4.79 Å². The Balaban J connectivity index is 1.53. The number of alkyl halides is 3. The number of nitrogens with one attached hydrogen (secondary N) is 1. The van der Waals surface area contributed by atoms with Crippen molar-refractivity contribution in [3.8, 4) is 5.75 Å². The molecule has 0 aliphatic rings. The Morgan fingerprint density at radius 2 is 1.88 bits per heavy atom. The lowest BCUT2D eigenvalue weighted by Gasteiger charge is -2.09. The normalized spacial score (nSPS) is 11.5. The molecule has 0 radical (unpaired) electrons. The van der Waals surface area contributed by atoms with Crippen molar-refractivity contribution in [2.45, 2.75) is 11.6 Å². The highest BCUT2D eigenvalue weighted by molar-refractivity contribution is 7.99. The Bertz CT molecular complexity index is 845.